The van der Waals surface area contributed by atoms with E-state index in [4.69, 9.17) is 0 Å². The average Bonchev–Trinajstić information content (AvgIpc) is 3.51. The van der Waals surface area contributed by atoms with E-state index in [1.54, 1.807) is 36.9 Å². The van der Waals surface area contributed by atoms with Gasteiger partial charge in [0.05, 0.1) is 22.8 Å². The topological polar surface area (TPSA) is 101 Å². The number of H-pyrrole nitrogens is 1. The van der Waals surface area contributed by atoms with Gasteiger partial charge in [0, 0.05) is 46.7 Å². The first-order valence-electron chi connectivity index (χ1n) is 11.3. The van der Waals surface area contributed by atoms with Crippen LogP contribution < -0.4 is 5.32 Å². The molecule has 0 saturated carbocycles. The lowest BCUT2D eigenvalue weighted by molar-refractivity contribution is -0.149. The quantitative estimate of drug-likeness (QED) is 0.347. The molecule has 184 valence electrons. The number of rotatable bonds is 4. The SMILES string of the molecule is CC(NC(=O)c1cnn2ccc(-c3c[nH]c4nc(-c5ccc6ncccc6c5)ncc34)cc12)C(F)(F)F. The van der Waals surface area contributed by atoms with Gasteiger partial charge in [-0.1, -0.05) is 6.07 Å². The molecule has 8 nitrogen and oxygen atoms in total. The lowest BCUT2D eigenvalue weighted by atomic mass is 10.1. The number of fused-ring (bicyclic) bond motifs is 3. The number of aromatic nitrogens is 6. The van der Waals surface area contributed by atoms with E-state index in [-0.39, 0.29) is 5.56 Å². The minimum absolute atomic E-state index is 0.0436. The van der Waals surface area contributed by atoms with Gasteiger partial charge in [-0.25, -0.2) is 14.5 Å². The van der Waals surface area contributed by atoms with Gasteiger partial charge in [0.1, 0.15) is 11.7 Å². The van der Waals surface area contributed by atoms with Crippen molar-refractivity contribution in [1.29, 1.82) is 0 Å². The Balaban J connectivity index is 1.35. The van der Waals surface area contributed by atoms with Gasteiger partial charge in [0.15, 0.2) is 5.82 Å². The maximum absolute atomic E-state index is 12.9. The first-order chi connectivity index (χ1) is 17.8. The molecule has 1 atom stereocenters. The van der Waals surface area contributed by atoms with Crippen LogP contribution in [0.4, 0.5) is 13.2 Å². The summed E-state index contributed by atoms with van der Waals surface area (Å²) in [6.07, 6.45) is 3.59. The molecule has 37 heavy (non-hydrogen) atoms. The second-order valence-corrected chi connectivity index (χ2v) is 8.61. The number of carbonyl (C=O) groups excluding carboxylic acids is 1. The monoisotopic (exact) mass is 501 g/mol. The van der Waals surface area contributed by atoms with Gasteiger partial charge in [-0.2, -0.15) is 18.3 Å². The summed E-state index contributed by atoms with van der Waals surface area (Å²) in [5.74, 6) is -0.301. The number of amides is 1. The van der Waals surface area contributed by atoms with Crippen LogP contribution in [-0.4, -0.2) is 47.7 Å². The maximum atomic E-state index is 12.9. The molecule has 0 fully saturated rings. The number of hydrogen-bond donors (Lipinski definition) is 2. The van der Waals surface area contributed by atoms with E-state index in [9.17, 15) is 18.0 Å². The Labute approximate surface area is 207 Å². The normalized spacial score (nSPS) is 12.9. The molecule has 5 aromatic heterocycles. The Morgan fingerprint density at radius 1 is 1.08 bits per heavy atom. The maximum Gasteiger partial charge on any atom is 0.408 e. The first-order valence-corrected chi connectivity index (χ1v) is 11.3. The van der Waals surface area contributed by atoms with E-state index in [0.29, 0.717) is 17.0 Å². The van der Waals surface area contributed by atoms with Crippen molar-refractivity contribution in [1.82, 2.24) is 34.9 Å². The van der Waals surface area contributed by atoms with E-state index in [2.05, 4.69) is 25.0 Å². The first kappa shape index (κ1) is 22.7. The van der Waals surface area contributed by atoms with Crippen LogP contribution in [0.25, 0.3) is 50.0 Å². The van der Waals surface area contributed by atoms with Crippen molar-refractivity contribution >= 4 is 33.4 Å². The summed E-state index contributed by atoms with van der Waals surface area (Å²) in [6, 6.07) is 11.2. The van der Waals surface area contributed by atoms with Crippen LogP contribution in [0.3, 0.4) is 0 Å². The third-order valence-electron chi connectivity index (χ3n) is 6.21. The molecule has 2 N–H and O–H groups in total. The zero-order valence-corrected chi connectivity index (χ0v) is 19.3. The molecule has 0 aliphatic carbocycles. The number of pyridine rings is 2. The van der Waals surface area contributed by atoms with Crippen LogP contribution in [-0.2, 0) is 0 Å². The van der Waals surface area contributed by atoms with Crippen molar-refractivity contribution in [3.8, 4) is 22.5 Å². The lowest BCUT2D eigenvalue weighted by Crippen LogP contribution is -2.43. The fourth-order valence-corrected chi connectivity index (χ4v) is 4.18. The Hall–Kier alpha value is -4.80. The van der Waals surface area contributed by atoms with E-state index in [1.165, 1.54) is 10.7 Å². The zero-order chi connectivity index (χ0) is 25.7. The van der Waals surface area contributed by atoms with Crippen molar-refractivity contribution in [3.63, 3.8) is 0 Å². The highest BCUT2D eigenvalue weighted by atomic mass is 19.4. The fourth-order valence-electron chi connectivity index (χ4n) is 4.18. The molecular formula is C26H18F3N7O. The molecule has 1 unspecified atom stereocenters. The van der Waals surface area contributed by atoms with Crippen molar-refractivity contribution < 1.29 is 18.0 Å². The summed E-state index contributed by atoms with van der Waals surface area (Å²) >= 11 is 0. The van der Waals surface area contributed by atoms with Crippen LogP contribution in [0.5, 0.6) is 0 Å². The zero-order valence-electron chi connectivity index (χ0n) is 19.3. The minimum Gasteiger partial charge on any atom is -0.345 e. The molecule has 0 aliphatic rings. The highest BCUT2D eigenvalue weighted by Crippen LogP contribution is 2.31. The van der Waals surface area contributed by atoms with Crippen LogP contribution in [0, 0.1) is 0 Å². The molecule has 6 aromatic rings. The molecule has 0 bridgehead atoms. The number of halogens is 3. The average molecular weight is 501 g/mol. The van der Waals surface area contributed by atoms with Gasteiger partial charge in [0.2, 0.25) is 0 Å². The summed E-state index contributed by atoms with van der Waals surface area (Å²) in [7, 11) is 0. The smallest absolute Gasteiger partial charge is 0.345 e. The molecule has 0 aliphatic heterocycles. The van der Waals surface area contributed by atoms with Crippen LogP contribution >= 0.6 is 0 Å². The van der Waals surface area contributed by atoms with E-state index in [0.717, 1.165) is 39.9 Å². The molecule has 1 amide bonds. The van der Waals surface area contributed by atoms with E-state index >= 15 is 0 Å². The number of benzene rings is 1. The fraction of sp³-hybridized carbons (Fsp3) is 0.115. The Morgan fingerprint density at radius 2 is 1.95 bits per heavy atom. The molecule has 11 heteroatoms. The highest BCUT2D eigenvalue weighted by Gasteiger charge is 2.37. The van der Waals surface area contributed by atoms with E-state index in [1.807, 2.05) is 35.6 Å². The molecule has 0 radical (unpaired) electrons. The summed E-state index contributed by atoms with van der Waals surface area (Å²) in [5.41, 5.74) is 4.28. The highest BCUT2D eigenvalue weighted by molar-refractivity contribution is 6.02. The third-order valence-corrected chi connectivity index (χ3v) is 6.21. The summed E-state index contributed by atoms with van der Waals surface area (Å²) < 4.78 is 40.2. The van der Waals surface area contributed by atoms with Gasteiger partial charge in [0.25, 0.3) is 5.91 Å². The van der Waals surface area contributed by atoms with Crippen LogP contribution in [0.15, 0.2) is 73.4 Å². The van der Waals surface area contributed by atoms with Crippen molar-refractivity contribution in [2.75, 3.05) is 0 Å². The largest absolute Gasteiger partial charge is 0.408 e. The summed E-state index contributed by atoms with van der Waals surface area (Å²) in [6.45, 7) is 0.893. The summed E-state index contributed by atoms with van der Waals surface area (Å²) in [5, 5.41) is 7.82. The molecule has 5 heterocycles. The molecule has 6 rings (SSSR count). The van der Waals surface area contributed by atoms with Gasteiger partial charge < -0.3 is 10.3 Å². The summed E-state index contributed by atoms with van der Waals surface area (Å²) in [4.78, 5) is 29.3. The lowest BCUT2D eigenvalue weighted by Gasteiger charge is -2.16. The molecular weight excluding hydrogens is 483 g/mol. The Morgan fingerprint density at radius 3 is 2.78 bits per heavy atom. The van der Waals surface area contributed by atoms with Gasteiger partial charge >= 0.3 is 6.18 Å². The van der Waals surface area contributed by atoms with E-state index < -0.39 is 18.1 Å². The number of nitrogens with one attached hydrogen (secondary N) is 2. The molecule has 0 spiro atoms. The van der Waals surface area contributed by atoms with Crippen LogP contribution in [0.1, 0.15) is 17.3 Å². The third kappa shape index (κ3) is 4.03. The van der Waals surface area contributed by atoms with Gasteiger partial charge in [-0.05, 0) is 48.9 Å². The van der Waals surface area contributed by atoms with Crippen molar-refractivity contribution in [2.24, 2.45) is 0 Å². The number of nitrogens with zero attached hydrogens (tertiary/aromatic N) is 5. The predicted octanol–water partition coefficient (Wildman–Crippen LogP) is 5.17. The number of aromatic amines is 1. The number of hydrogen-bond acceptors (Lipinski definition) is 5. The second kappa shape index (κ2) is 8.40. The molecule has 1 aromatic carbocycles. The van der Waals surface area contributed by atoms with Crippen molar-refractivity contribution in [2.45, 2.75) is 19.1 Å². The second-order valence-electron chi connectivity index (χ2n) is 8.61. The standard InChI is InChI=1S/C26H18F3N7O/c1-14(26(27,28)29)34-25(37)20-13-33-36-8-6-15(10-22(20)36)18-11-32-24-19(18)12-31-23(35-24)17-4-5-21-16(9-17)3-2-7-30-21/h2-14H,1H3,(H,34,37)(H,31,32,35). The predicted molar refractivity (Wildman–Crippen MR) is 132 cm³/mol. The number of carbonyl (C=O) groups is 1. The minimum atomic E-state index is -4.55. The van der Waals surface area contributed by atoms with Crippen molar-refractivity contribution in [3.05, 3.63) is 79.0 Å². The van der Waals surface area contributed by atoms with Gasteiger partial charge in [-0.15, -0.1) is 0 Å². The van der Waals surface area contributed by atoms with Crippen LogP contribution in [0.2, 0.25) is 0 Å². The van der Waals surface area contributed by atoms with Gasteiger partial charge in [-0.3, -0.25) is 9.78 Å². The molecule has 0 saturated heterocycles. The Kier molecular flexibility index (Phi) is 5.14. The Bertz CT molecular complexity index is 1810. The number of alkyl halides is 3.